The van der Waals surface area contributed by atoms with Gasteiger partial charge in [0.15, 0.2) is 0 Å². The first kappa shape index (κ1) is 17.4. The molecule has 1 atom stereocenters. The Hall–Kier alpha value is -3.02. The van der Waals surface area contributed by atoms with Crippen LogP contribution in [-0.4, -0.2) is 37.5 Å². The number of nitrogens with two attached hydrogens (primary N) is 1. The van der Waals surface area contributed by atoms with E-state index in [0.29, 0.717) is 19.3 Å². The van der Waals surface area contributed by atoms with Crippen molar-refractivity contribution in [2.45, 2.75) is 25.3 Å². The maximum absolute atomic E-state index is 11.9. The molecule has 2 aliphatic heterocycles. The van der Waals surface area contributed by atoms with Crippen LogP contribution in [0.3, 0.4) is 0 Å². The van der Waals surface area contributed by atoms with Crippen LogP contribution in [0.15, 0.2) is 48.5 Å². The van der Waals surface area contributed by atoms with E-state index in [1.807, 2.05) is 30.3 Å². The quantitative estimate of drug-likeness (QED) is 0.852. The number of hydrogen-bond acceptors (Lipinski definition) is 4. The third-order valence-corrected chi connectivity index (χ3v) is 5.38. The average molecular weight is 364 g/mol. The van der Waals surface area contributed by atoms with Gasteiger partial charge < -0.3 is 20.9 Å². The summed E-state index contributed by atoms with van der Waals surface area (Å²) >= 11 is 0. The highest BCUT2D eigenvalue weighted by Gasteiger charge is 2.31. The molecule has 140 valence electrons. The summed E-state index contributed by atoms with van der Waals surface area (Å²) in [5, 5.41) is 3.01. The van der Waals surface area contributed by atoms with E-state index >= 15 is 0 Å². The van der Waals surface area contributed by atoms with E-state index in [9.17, 15) is 9.59 Å². The van der Waals surface area contributed by atoms with E-state index in [1.165, 1.54) is 5.69 Å². The van der Waals surface area contributed by atoms with Gasteiger partial charge in [-0.1, -0.05) is 30.3 Å². The molecule has 2 heterocycles. The fourth-order valence-electron chi connectivity index (χ4n) is 4.08. The molecule has 2 aliphatic rings. The number of amides is 2. The topological polar surface area (TPSA) is 78.7 Å². The predicted octanol–water partition coefficient (Wildman–Crippen LogP) is 2.14. The molecule has 2 aromatic rings. The van der Waals surface area contributed by atoms with Gasteiger partial charge in [0.2, 0.25) is 11.8 Å². The first-order valence-corrected chi connectivity index (χ1v) is 9.38. The fraction of sp³-hybridized carbons (Fsp3) is 0.333. The van der Waals surface area contributed by atoms with Gasteiger partial charge in [-0.15, -0.1) is 0 Å². The Kier molecular flexibility index (Phi) is 4.71. The molecular formula is C21H24N4O2. The molecule has 0 aliphatic carbocycles. The molecule has 1 fully saturated rings. The molecule has 2 aromatic carbocycles. The van der Waals surface area contributed by atoms with Crippen molar-refractivity contribution in [1.29, 1.82) is 0 Å². The average Bonchev–Trinajstić information content (AvgIpc) is 3.07. The molecule has 0 saturated carbocycles. The van der Waals surface area contributed by atoms with Crippen molar-refractivity contribution in [1.82, 2.24) is 0 Å². The van der Waals surface area contributed by atoms with Crippen molar-refractivity contribution in [3.63, 3.8) is 0 Å². The summed E-state index contributed by atoms with van der Waals surface area (Å²) in [5.41, 5.74) is 9.60. The van der Waals surface area contributed by atoms with Crippen molar-refractivity contribution in [3.05, 3.63) is 54.1 Å². The van der Waals surface area contributed by atoms with Gasteiger partial charge >= 0.3 is 0 Å². The minimum Gasteiger partial charge on any atom is -0.370 e. The summed E-state index contributed by atoms with van der Waals surface area (Å²) in [6, 6.07) is 16.5. The third-order valence-electron chi connectivity index (χ3n) is 5.38. The van der Waals surface area contributed by atoms with Crippen LogP contribution in [0.4, 0.5) is 17.1 Å². The number of rotatable bonds is 5. The van der Waals surface area contributed by atoms with Crippen LogP contribution in [-0.2, 0) is 16.0 Å². The lowest BCUT2D eigenvalue weighted by atomic mass is 10.0. The van der Waals surface area contributed by atoms with Crippen LogP contribution in [0.2, 0.25) is 0 Å². The van der Waals surface area contributed by atoms with Crippen molar-refractivity contribution < 1.29 is 9.59 Å². The van der Waals surface area contributed by atoms with Crippen LogP contribution in [0, 0.1) is 0 Å². The highest BCUT2D eigenvalue weighted by atomic mass is 16.2. The summed E-state index contributed by atoms with van der Waals surface area (Å²) in [7, 11) is 0. The molecule has 1 saturated heterocycles. The zero-order valence-electron chi connectivity index (χ0n) is 15.2. The summed E-state index contributed by atoms with van der Waals surface area (Å²) < 4.78 is 0. The minimum absolute atomic E-state index is 0.0362. The van der Waals surface area contributed by atoms with Crippen LogP contribution in [0.25, 0.3) is 0 Å². The Bertz CT molecular complexity index is 853. The zero-order valence-corrected chi connectivity index (χ0v) is 15.2. The highest BCUT2D eigenvalue weighted by molar-refractivity contribution is 6.03. The number of anilines is 3. The Morgan fingerprint density at radius 1 is 1.11 bits per heavy atom. The molecule has 0 aromatic heterocycles. The molecule has 0 bridgehead atoms. The summed E-state index contributed by atoms with van der Waals surface area (Å²) in [6.45, 7) is 2.52. The first-order valence-electron chi connectivity index (χ1n) is 9.38. The second-order valence-electron chi connectivity index (χ2n) is 7.17. The second kappa shape index (κ2) is 7.31. The van der Waals surface area contributed by atoms with Crippen LogP contribution < -0.4 is 20.9 Å². The lowest BCUT2D eigenvalue weighted by molar-refractivity contribution is -0.118. The predicted molar refractivity (Wildman–Crippen MR) is 107 cm³/mol. The maximum Gasteiger partial charge on any atom is 0.228 e. The van der Waals surface area contributed by atoms with Gasteiger partial charge in [-0.25, -0.2) is 0 Å². The van der Waals surface area contributed by atoms with Crippen molar-refractivity contribution >= 4 is 28.9 Å². The Labute approximate surface area is 158 Å². The lowest BCUT2D eigenvalue weighted by Crippen LogP contribution is -2.54. The van der Waals surface area contributed by atoms with Gasteiger partial charge in [0.25, 0.3) is 0 Å². The van der Waals surface area contributed by atoms with Gasteiger partial charge in [-0.3, -0.25) is 9.59 Å². The smallest absolute Gasteiger partial charge is 0.228 e. The Morgan fingerprint density at radius 3 is 2.70 bits per heavy atom. The molecule has 6 nitrogen and oxygen atoms in total. The summed E-state index contributed by atoms with van der Waals surface area (Å²) in [5.74, 6) is -0.243. The summed E-state index contributed by atoms with van der Waals surface area (Å²) in [6.07, 6.45) is 1.47. The fourth-order valence-corrected chi connectivity index (χ4v) is 4.08. The van der Waals surface area contributed by atoms with E-state index in [4.69, 9.17) is 5.73 Å². The van der Waals surface area contributed by atoms with Gasteiger partial charge in [-0.2, -0.15) is 0 Å². The normalized spacial score (nSPS) is 19.0. The van der Waals surface area contributed by atoms with Gasteiger partial charge in [0, 0.05) is 37.8 Å². The largest absolute Gasteiger partial charge is 0.370 e. The third kappa shape index (κ3) is 3.60. The van der Waals surface area contributed by atoms with E-state index in [1.54, 1.807) is 0 Å². The number of benzene rings is 2. The number of carbonyl (C=O) groups is 2. The standard InChI is InChI=1S/C21H24N4O2/c22-19(26)10-9-17-14-24(16-6-2-1-3-7-16)11-12-25(17)18-8-4-5-15-13-20(27)23-21(15)18/h1-8,17H,9-14H2,(H2,22,26)(H,23,27). The number of nitrogens with one attached hydrogen (secondary N) is 1. The van der Waals surface area contributed by atoms with Crippen LogP contribution in [0.1, 0.15) is 18.4 Å². The Morgan fingerprint density at radius 2 is 1.93 bits per heavy atom. The molecule has 0 radical (unpaired) electrons. The van der Waals surface area contributed by atoms with Crippen LogP contribution in [0.5, 0.6) is 0 Å². The molecule has 2 amide bonds. The van der Waals surface area contributed by atoms with E-state index in [0.717, 1.165) is 36.6 Å². The van der Waals surface area contributed by atoms with Crippen molar-refractivity contribution in [3.8, 4) is 0 Å². The molecule has 6 heteroatoms. The number of hydrogen-bond donors (Lipinski definition) is 2. The summed E-state index contributed by atoms with van der Waals surface area (Å²) in [4.78, 5) is 27.9. The van der Waals surface area contributed by atoms with E-state index in [-0.39, 0.29) is 17.9 Å². The van der Waals surface area contributed by atoms with E-state index < -0.39 is 0 Å². The zero-order chi connectivity index (χ0) is 18.8. The van der Waals surface area contributed by atoms with Gasteiger partial charge in [0.05, 0.1) is 17.8 Å². The van der Waals surface area contributed by atoms with Gasteiger partial charge in [0.1, 0.15) is 0 Å². The minimum atomic E-state index is -0.279. The number of fused-ring (bicyclic) bond motifs is 1. The number of carbonyl (C=O) groups excluding carboxylic acids is 2. The van der Waals surface area contributed by atoms with Gasteiger partial charge in [-0.05, 0) is 30.2 Å². The molecule has 0 spiro atoms. The second-order valence-corrected chi connectivity index (χ2v) is 7.17. The first-order chi connectivity index (χ1) is 13.1. The maximum atomic E-state index is 11.9. The molecular weight excluding hydrogens is 340 g/mol. The molecule has 3 N–H and O–H groups in total. The molecule has 1 unspecified atom stereocenters. The van der Waals surface area contributed by atoms with E-state index in [2.05, 4.69) is 33.3 Å². The number of piperazine rings is 1. The van der Waals surface area contributed by atoms with Crippen molar-refractivity contribution in [2.75, 3.05) is 34.8 Å². The SMILES string of the molecule is NC(=O)CCC1CN(c2ccccc2)CCN1c1cccc2c1NC(=O)C2. The molecule has 4 rings (SSSR count). The Balaban J connectivity index is 1.61. The number of primary amides is 1. The van der Waals surface area contributed by atoms with Crippen molar-refractivity contribution in [2.24, 2.45) is 5.73 Å². The number of para-hydroxylation sites is 2. The van der Waals surface area contributed by atoms with Crippen LogP contribution >= 0.6 is 0 Å². The lowest BCUT2D eigenvalue weighted by Gasteiger charge is -2.44. The molecule has 27 heavy (non-hydrogen) atoms. The highest BCUT2D eigenvalue weighted by Crippen LogP contribution is 2.36. The number of nitrogens with zero attached hydrogens (tertiary/aromatic N) is 2. The monoisotopic (exact) mass is 364 g/mol.